The quantitative estimate of drug-likeness (QED) is 0.197. The molecule has 0 aliphatic heterocycles. The highest BCUT2D eigenvalue weighted by Gasteiger charge is 2.20. The van der Waals surface area contributed by atoms with Crippen LogP contribution < -0.4 is 0 Å². The standard InChI is InChI=1S/C42H25N5O/c1-2-10-26(11-3-1)27-19-20-29-25-30(22-21-28(29)24-27)39-44-40(33-14-8-18-37-38(33)34-15-9-23-43-41(34)48-37)46-42(45-39)47-35-16-6-4-12-31(35)32-13-5-7-17-36(32)47/h1-25H. The Bertz CT molecular complexity index is 2800. The maximum Gasteiger partial charge on any atom is 0.238 e. The summed E-state index contributed by atoms with van der Waals surface area (Å²) in [5.74, 6) is 1.71. The summed E-state index contributed by atoms with van der Waals surface area (Å²) in [6.45, 7) is 0. The molecular formula is C42H25N5O. The van der Waals surface area contributed by atoms with Crippen LogP contribution in [0.1, 0.15) is 0 Å². The molecular weight excluding hydrogens is 590 g/mol. The van der Waals surface area contributed by atoms with E-state index in [1.165, 1.54) is 11.1 Å². The molecule has 0 aliphatic carbocycles. The molecule has 0 unspecified atom stereocenters. The summed E-state index contributed by atoms with van der Waals surface area (Å²) in [6.07, 6.45) is 1.74. The van der Waals surface area contributed by atoms with Crippen LogP contribution in [0.2, 0.25) is 0 Å². The lowest BCUT2D eigenvalue weighted by atomic mass is 10.00. The Morgan fingerprint density at radius 3 is 1.94 bits per heavy atom. The average molecular weight is 616 g/mol. The van der Waals surface area contributed by atoms with Crippen molar-refractivity contribution in [1.29, 1.82) is 0 Å². The van der Waals surface area contributed by atoms with Gasteiger partial charge in [-0.1, -0.05) is 103 Å². The number of rotatable bonds is 4. The SMILES string of the molecule is c1ccc(-c2ccc3cc(-c4nc(-c5cccc6oc7ncccc7c56)nc(-n5c6ccccc6c6ccccc65)n4)ccc3c2)cc1. The van der Waals surface area contributed by atoms with Crippen LogP contribution in [-0.2, 0) is 0 Å². The zero-order valence-electron chi connectivity index (χ0n) is 25.6. The van der Waals surface area contributed by atoms with E-state index in [0.717, 1.165) is 60.1 Å². The van der Waals surface area contributed by atoms with Gasteiger partial charge in [-0.05, 0) is 64.4 Å². The van der Waals surface area contributed by atoms with Crippen LogP contribution in [0.4, 0.5) is 0 Å². The van der Waals surface area contributed by atoms with Crippen LogP contribution in [0.5, 0.6) is 0 Å². The van der Waals surface area contributed by atoms with E-state index in [1.54, 1.807) is 6.20 Å². The Morgan fingerprint density at radius 2 is 1.15 bits per heavy atom. The third-order valence-electron chi connectivity index (χ3n) is 9.12. The van der Waals surface area contributed by atoms with Crippen LogP contribution in [-0.4, -0.2) is 24.5 Å². The maximum atomic E-state index is 6.15. The van der Waals surface area contributed by atoms with E-state index in [0.29, 0.717) is 23.3 Å². The summed E-state index contributed by atoms with van der Waals surface area (Å²) in [5.41, 5.74) is 7.53. The van der Waals surface area contributed by atoms with Crippen molar-refractivity contribution in [3.05, 3.63) is 152 Å². The zero-order valence-corrected chi connectivity index (χ0v) is 25.6. The van der Waals surface area contributed by atoms with Crippen molar-refractivity contribution in [2.45, 2.75) is 0 Å². The molecule has 224 valence electrons. The number of furan rings is 1. The van der Waals surface area contributed by atoms with Gasteiger partial charge in [0.15, 0.2) is 11.6 Å². The summed E-state index contributed by atoms with van der Waals surface area (Å²) < 4.78 is 8.29. The largest absolute Gasteiger partial charge is 0.438 e. The van der Waals surface area contributed by atoms with Gasteiger partial charge in [-0.2, -0.15) is 9.97 Å². The van der Waals surface area contributed by atoms with Crippen LogP contribution >= 0.6 is 0 Å². The predicted molar refractivity (Wildman–Crippen MR) is 193 cm³/mol. The summed E-state index contributed by atoms with van der Waals surface area (Å²) in [6, 6.07) is 50.2. The molecule has 4 heterocycles. The van der Waals surface area contributed by atoms with Crippen molar-refractivity contribution < 1.29 is 4.42 Å². The minimum atomic E-state index is 0.551. The molecule has 10 aromatic rings. The second-order valence-corrected chi connectivity index (χ2v) is 11.9. The highest BCUT2D eigenvalue weighted by atomic mass is 16.3. The predicted octanol–water partition coefficient (Wildman–Crippen LogP) is 10.4. The van der Waals surface area contributed by atoms with Gasteiger partial charge < -0.3 is 4.42 Å². The number of para-hydroxylation sites is 2. The minimum Gasteiger partial charge on any atom is -0.438 e. The molecule has 6 aromatic carbocycles. The Morgan fingerprint density at radius 1 is 0.479 bits per heavy atom. The van der Waals surface area contributed by atoms with Crippen molar-refractivity contribution in [2.24, 2.45) is 0 Å². The van der Waals surface area contributed by atoms with Crippen molar-refractivity contribution in [3.63, 3.8) is 0 Å². The fourth-order valence-electron chi connectivity index (χ4n) is 6.89. The fraction of sp³-hybridized carbons (Fsp3) is 0. The molecule has 4 aromatic heterocycles. The van der Waals surface area contributed by atoms with Gasteiger partial charge in [-0.15, -0.1) is 0 Å². The molecule has 6 nitrogen and oxygen atoms in total. The number of benzene rings is 6. The number of nitrogens with zero attached hydrogens (tertiary/aromatic N) is 5. The summed E-state index contributed by atoms with van der Waals surface area (Å²) in [5, 5.41) is 6.40. The summed E-state index contributed by atoms with van der Waals surface area (Å²) in [4.78, 5) is 20.0. The molecule has 10 rings (SSSR count). The van der Waals surface area contributed by atoms with Gasteiger partial charge in [0.2, 0.25) is 11.7 Å². The first-order chi connectivity index (χ1) is 23.8. The van der Waals surface area contributed by atoms with E-state index in [4.69, 9.17) is 19.4 Å². The van der Waals surface area contributed by atoms with Gasteiger partial charge in [-0.3, -0.25) is 4.57 Å². The second kappa shape index (κ2) is 10.4. The monoisotopic (exact) mass is 615 g/mol. The Balaban J connectivity index is 1.23. The summed E-state index contributed by atoms with van der Waals surface area (Å²) >= 11 is 0. The van der Waals surface area contributed by atoms with E-state index in [2.05, 4.69) is 119 Å². The smallest absolute Gasteiger partial charge is 0.238 e. The van der Waals surface area contributed by atoms with E-state index < -0.39 is 0 Å². The lowest BCUT2D eigenvalue weighted by Gasteiger charge is -2.12. The number of fused-ring (bicyclic) bond motifs is 7. The fourth-order valence-corrected chi connectivity index (χ4v) is 6.89. The molecule has 0 amide bonds. The van der Waals surface area contributed by atoms with Crippen molar-refractivity contribution in [3.8, 4) is 39.9 Å². The number of hydrogen-bond donors (Lipinski definition) is 0. The molecule has 0 spiro atoms. The van der Waals surface area contributed by atoms with Crippen LogP contribution in [0.15, 0.2) is 156 Å². The number of pyridine rings is 1. The molecule has 0 saturated heterocycles. The number of hydrogen-bond acceptors (Lipinski definition) is 5. The normalized spacial score (nSPS) is 11.8. The van der Waals surface area contributed by atoms with Gasteiger partial charge in [-0.25, -0.2) is 9.97 Å². The third-order valence-corrected chi connectivity index (χ3v) is 9.12. The van der Waals surface area contributed by atoms with Gasteiger partial charge in [0.1, 0.15) is 5.58 Å². The maximum absolute atomic E-state index is 6.15. The van der Waals surface area contributed by atoms with E-state index in [-0.39, 0.29) is 0 Å². The molecule has 0 N–H and O–H groups in total. The Labute approximate surface area is 274 Å². The van der Waals surface area contributed by atoms with Gasteiger partial charge >= 0.3 is 0 Å². The molecule has 0 fully saturated rings. The topological polar surface area (TPSA) is 69.6 Å². The van der Waals surface area contributed by atoms with Crippen LogP contribution in [0, 0.1) is 0 Å². The molecule has 0 bridgehead atoms. The van der Waals surface area contributed by atoms with Crippen molar-refractivity contribution in [1.82, 2.24) is 24.5 Å². The van der Waals surface area contributed by atoms with Gasteiger partial charge in [0.05, 0.1) is 11.0 Å². The minimum absolute atomic E-state index is 0.551. The van der Waals surface area contributed by atoms with Crippen molar-refractivity contribution >= 4 is 54.6 Å². The van der Waals surface area contributed by atoms with Gasteiger partial charge in [0, 0.05) is 38.9 Å². The third kappa shape index (κ3) is 4.13. The van der Waals surface area contributed by atoms with Crippen molar-refractivity contribution in [2.75, 3.05) is 0 Å². The molecule has 0 aliphatic rings. The lowest BCUT2D eigenvalue weighted by molar-refractivity contribution is 0.654. The Kier molecular flexibility index (Phi) is 5.77. The van der Waals surface area contributed by atoms with Crippen LogP contribution in [0.25, 0.3) is 94.5 Å². The zero-order chi connectivity index (χ0) is 31.6. The average Bonchev–Trinajstić information content (AvgIpc) is 3.71. The first kappa shape index (κ1) is 26.5. The van der Waals surface area contributed by atoms with E-state index >= 15 is 0 Å². The lowest BCUT2D eigenvalue weighted by Crippen LogP contribution is -2.06. The first-order valence-corrected chi connectivity index (χ1v) is 15.9. The molecule has 6 heteroatoms. The first-order valence-electron chi connectivity index (χ1n) is 15.9. The summed E-state index contributed by atoms with van der Waals surface area (Å²) in [7, 11) is 0. The van der Waals surface area contributed by atoms with E-state index in [9.17, 15) is 0 Å². The van der Waals surface area contributed by atoms with Gasteiger partial charge in [0.25, 0.3) is 0 Å². The Hall–Kier alpha value is -6.66. The molecule has 0 radical (unpaired) electrons. The van der Waals surface area contributed by atoms with Crippen LogP contribution in [0.3, 0.4) is 0 Å². The highest BCUT2D eigenvalue weighted by molar-refractivity contribution is 6.11. The number of aromatic nitrogens is 5. The second-order valence-electron chi connectivity index (χ2n) is 11.9. The highest BCUT2D eigenvalue weighted by Crippen LogP contribution is 2.37. The van der Waals surface area contributed by atoms with E-state index in [1.807, 2.05) is 36.4 Å². The molecule has 0 atom stereocenters. The molecule has 0 saturated carbocycles. The molecule has 48 heavy (non-hydrogen) atoms.